The lowest BCUT2D eigenvalue weighted by molar-refractivity contribution is 0.302. The highest BCUT2D eigenvalue weighted by atomic mass is 16.5. The Kier molecular flexibility index (Phi) is 8.87. The van der Waals surface area contributed by atoms with Crippen LogP contribution in [0.1, 0.15) is 32.8 Å². The second-order valence-corrected chi connectivity index (χ2v) is 5.19. The number of ether oxygens (including phenoxy) is 1. The van der Waals surface area contributed by atoms with Gasteiger partial charge in [-0.25, -0.2) is 0 Å². The van der Waals surface area contributed by atoms with Crippen molar-refractivity contribution < 1.29 is 4.74 Å². The number of rotatable bonds is 11. The molecule has 0 saturated heterocycles. The Morgan fingerprint density at radius 2 is 1.90 bits per heavy atom. The van der Waals surface area contributed by atoms with E-state index in [-0.39, 0.29) is 0 Å². The maximum atomic E-state index is 5.98. The summed E-state index contributed by atoms with van der Waals surface area (Å²) in [7, 11) is 0. The molecule has 1 rings (SSSR count). The Hall–Kier alpha value is -1.26. The highest BCUT2D eigenvalue weighted by Gasteiger charge is 2.02. The third-order valence-corrected chi connectivity index (χ3v) is 3.69. The molecule has 4 nitrogen and oxygen atoms in total. The van der Waals surface area contributed by atoms with E-state index in [4.69, 9.17) is 10.5 Å². The average molecular weight is 293 g/mol. The van der Waals surface area contributed by atoms with Crippen molar-refractivity contribution in [2.24, 2.45) is 0 Å². The molecule has 0 fully saturated rings. The maximum Gasteiger partial charge on any atom is 0.142 e. The van der Waals surface area contributed by atoms with E-state index in [2.05, 4.69) is 30.1 Å². The second-order valence-electron chi connectivity index (χ2n) is 5.19. The summed E-state index contributed by atoms with van der Waals surface area (Å²) in [5, 5.41) is 3.50. The molecule has 0 unspecified atom stereocenters. The zero-order chi connectivity index (χ0) is 15.5. The topological polar surface area (TPSA) is 50.5 Å². The first-order valence-corrected chi connectivity index (χ1v) is 8.15. The van der Waals surface area contributed by atoms with Crippen molar-refractivity contribution in [3.05, 3.63) is 23.8 Å². The van der Waals surface area contributed by atoms with Crippen molar-refractivity contribution in [3.63, 3.8) is 0 Å². The molecule has 4 heteroatoms. The number of likely N-dealkylation sites (N-methyl/N-ethyl adjacent to an activating group) is 1. The van der Waals surface area contributed by atoms with Gasteiger partial charge in [0.05, 0.1) is 12.3 Å². The molecule has 1 aromatic rings. The molecule has 0 radical (unpaired) electrons. The number of hydrogen-bond donors (Lipinski definition) is 2. The van der Waals surface area contributed by atoms with Crippen LogP contribution in [-0.4, -0.2) is 44.2 Å². The van der Waals surface area contributed by atoms with Crippen LogP contribution in [0.15, 0.2) is 18.2 Å². The molecule has 120 valence electrons. The Bertz CT molecular complexity index is 392. The lowest BCUT2D eigenvalue weighted by Gasteiger charge is -2.17. The lowest BCUT2D eigenvalue weighted by Crippen LogP contribution is -2.32. The number of benzene rings is 1. The molecule has 0 bridgehead atoms. The van der Waals surface area contributed by atoms with Crippen LogP contribution in [-0.2, 0) is 6.42 Å². The number of nitrogen functional groups attached to an aromatic ring is 1. The van der Waals surface area contributed by atoms with Gasteiger partial charge in [0.1, 0.15) is 5.75 Å². The van der Waals surface area contributed by atoms with Gasteiger partial charge in [0.15, 0.2) is 0 Å². The molecule has 21 heavy (non-hydrogen) atoms. The first-order valence-electron chi connectivity index (χ1n) is 8.15. The first kappa shape index (κ1) is 17.8. The van der Waals surface area contributed by atoms with E-state index in [1.165, 1.54) is 5.56 Å². The highest BCUT2D eigenvalue weighted by Crippen LogP contribution is 2.22. The third-order valence-electron chi connectivity index (χ3n) is 3.69. The first-order chi connectivity index (χ1) is 10.2. The molecule has 3 N–H and O–H groups in total. The van der Waals surface area contributed by atoms with Crippen LogP contribution in [0.5, 0.6) is 5.75 Å². The molecule has 0 amide bonds. The summed E-state index contributed by atoms with van der Waals surface area (Å²) in [6.07, 6.45) is 2.18. The molecule has 0 atom stereocenters. The average Bonchev–Trinajstić information content (AvgIpc) is 2.49. The third kappa shape index (κ3) is 6.82. The minimum Gasteiger partial charge on any atom is -0.492 e. The van der Waals surface area contributed by atoms with Crippen LogP contribution >= 0.6 is 0 Å². The van der Waals surface area contributed by atoms with E-state index in [1.807, 2.05) is 19.1 Å². The van der Waals surface area contributed by atoms with Gasteiger partial charge in [0, 0.05) is 13.1 Å². The van der Waals surface area contributed by atoms with E-state index in [9.17, 15) is 0 Å². The van der Waals surface area contributed by atoms with Gasteiger partial charge < -0.3 is 20.7 Å². The van der Waals surface area contributed by atoms with Gasteiger partial charge in [-0.05, 0) is 57.1 Å². The Labute approximate surface area is 129 Å². The van der Waals surface area contributed by atoms with Crippen LogP contribution < -0.4 is 15.8 Å². The molecule has 0 spiro atoms. The monoisotopic (exact) mass is 293 g/mol. The minimum absolute atomic E-state index is 0.653. The predicted octanol–water partition coefficient (Wildman–Crippen LogP) is 2.53. The Morgan fingerprint density at radius 3 is 2.52 bits per heavy atom. The number of nitrogens with two attached hydrogens (primary N) is 1. The minimum atomic E-state index is 0.653. The second kappa shape index (κ2) is 10.5. The van der Waals surface area contributed by atoms with Crippen LogP contribution in [0, 0.1) is 0 Å². The van der Waals surface area contributed by atoms with Gasteiger partial charge in [-0.2, -0.15) is 0 Å². The van der Waals surface area contributed by atoms with Crippen LogP contribution in [0.25, 0.3) is 0 Å². The number of nitrogens with zero attached hydrogens (tertiary/aromatic N) is 1. The molecule has 0 saturated carbocycles. The highest BCUT2D eigenvalue weighted by molar-refractivity contribution is 5.54. The lowest BCUT2D eigenvalue weighted by atomic mass is 10.1. The van der Waals surface area contributed by atoms with Gasteiger partial charge in [-0.1, -0.05) is 19.9 Å². The fourth-order valence-electron chi connectivity index (χ4n) is 2.36. The summed E-state index contributed by atoms with van der Waals surface area (Å²) < 4.78 is 5.45. The molecule has 1 aromatic carbocycles. The van der Waals surface area contributed by atoms with Crippen molar-refractivity contribution >= 4 is 5.69 Å². The van der Waals surface area contributed by atoms with Gasteiger partial charge in [-0.15, -0.1) is 0 Å². The summed E-state index contributed by atoms with van der Waals surface area (Å²) >= 11 is 0. The van der Waals surface area contributed by atoms with Crippen LogP contribution in [0.3, 0.4) is 0 Å². The van der Waals surface area contributed by atoms with Gasteiger partial charge in [-0.3, -0.25) is 0 Å². The summed E-state index contributed by atoms with van der Waals surface area (Å²) in [6.45, 7) is 12.5. The van der Waals surface area contributed by atoms with E-state index in [1.54, 1.807) is 0 Å². The molecular formula is C17H31N3O. The van der Waals surface area contributed by atoms with Gasteiger partial charge in [0.2, 0.25) is 0 Å². The summed E-state index contributed by atoms with van der Waals surface area (Å²) in [5.41, 5.74) is 8.00. The van der Waals surface area contributed by atoms with E-state index < -0.39 is 0 Å². The van der Waals surface area contributed by atoms with E-state index >= 15 is 0 Å². The molecule has 0 aliphatic rings. The molecule has 0 aliphatic heterocycles. The van der Waals surface area contributed by atoms with E-state index in [0.29, 0.717) is 6.61 Å². The summed E-state index contributed by atoms with van der Waals surface area (Å²) in [6, 6.07) is 6.11. The zero-order valence-electron chi connectivity index (χ0n) is 13.8. The molecule has 0 aromatic heterocycles. The molecule has 0 aliphatic carbocycles. The Morgan fingerprint density at radius 1 is 1.14 bits per heavy atom. The molecular weight excluding hydrogens is 262 g/mol. The zero-order valence-corrected chi connectivity index (χ0v) is 13.8. The predicted molar refractivity (Wildman–Crippen MR) is 91.0 cm³/mol. The fourth-order valence-corrected chi connectivity index (χ4v) is 2.36. The summed E-state index contributed by atoms with van der Waals surface area (Å²) in [5.74, 6) is 0.790. The van der Waals surface area contributed by atoms with Crippen molar-refractivity contribution in [3.8, 4) is 5.75 Å². The molecule has 0 heterocycles. The van der Waals surface area contributed by atoms with Crippen LogP contribution in [0.2, 0.25) is 0 Å². The van der Waals surface area contributed by atoms with E-state index in [0.717, 1.165) is 57.0 Å². The number of nitrogens with one attached hydrogen (secondary N) is 1. The van der Waals surface area contributed by atoms with Gasteiger partial charge in [0.25, 0.3) is 0 Å². The fraction of sp³-hybridized carbons (Fsp3) is 0.647. The SMILES string of the molecule is CCOc1ccc(CCCNCCN(CC)CC)cc1N. The number of hydrogen-bond acceptors (Lipinski definition) is 4. The largest absolute Gasteiger partial charge is 0.492 e. The van der Waals surface area contributed by atoms with Crippen molar-refractivity contribution in [1.29, 1.82) is 0 Å². The summed E-state index contributed by atoms with van der Waals surface area (Å²) in [4.78, 5) is 2.43. The van der Waals surface area contributed by atoms with Gasteiger partial charge >= 0.3 is 0 Å². The Balaban J connectivity index is 2.19. The van der Waals surface area contributed by atoms with Crippen molar-refractivity contribution in [1.82, 2.24) is 10.2 Å². The maximum absolute atomic E-state index is 5.98. The quantitative estimate of drug-likeness (QED) is 0.486. The van der Waals surface area contributed by atoms with Crippen molar-refractivity contribution in [2.45, 2.75) is 33.6 Å². The smallest absolute Gasteiger partial charge is 0.142 e. The number of anilines is 1. The normalized spacial score (nSPS) is 11.0. The van der Waals surface area contributed by atoms with Crippen molar-refractivity contribution in [2.75, 3.05) is 45.1 Å². The van der Waals surface area contributed by atoms with Crippen LogP contribution in [0.4, 0.5) is 5.69 Å². The standard InChI is InChI=1S/C17H31N3O/c1-4-20(5-2)13-12-19-11-7-8-15-9-10-17(21-6-3)16(18)14-15/h9-10,14,19H,4-8,11-13,18H2,1-3H3. The number of aryl methyl sites for hydroxylation is 1.